The molecule has 0 saturated carbocycles. The summed E-state index contributed by atoms with van der Waals surface area (Å²) >= 11 is 0. The van der Waals surface area contributed by atoms with Crippen molar-refractivity contribution in [3.63, 3.8) is 0 Å². The molecule has 5 nitrogen and oxygen atoms in total. The van der Waals surface area contributed by atoms with Crippen LogP contribution in [0.4, 0.5) is 0 Å². The molecule has 0 aliphatic carbocycles. The van der Waals surface area contributed by atoms with Gasteiger partial charge < -0.3 is 14.6 Å². The van der Waals surface area contributed by atoms with E-state index in [4.69, 9.17) is 14.6 Å². The quantitative estimate of drug-likeness (QED) is 0.173. The van der Waals surface area contributed by atoms with Gasteiger partial charge in [-0.1, -0.05) is 73.7 Å². The Morgan fingerprint density at radius 2 is 1.47 bits per heavy atom. The number of carboxylic acid groups (broad SMARTS) is 1. The third-order valence-electron chi connectivity index (χ3n) is 5.28. The predicted molar refractivity (Wildman–Crippen MR) is 134 cm³/mol. The lowest BCUT2D eigenvalue weighted by Crippen LogP contribution is -2.10. The van der Waals surface area contributed by atoms with Crippen LogP contribution in [0.5, 0.6) is 5.75 Å². The standard InChI is InChI=1S/C29H28O5/c1-3-26(22-7-5-4-6-8-22)29(23-12-9-21(10-13-23)11-18-27(30)31)24-14-16-25(17-15-24)34-28(32)19-20-33-2/h4-18H,3,19-20H2,1-2H3,(H,30,31)/b18-11+,29-26-. The van der Waals surface area contributed by atoms with Crippen molar-refractivity contribution < 1.29 is 24.2 Å². The molecule has 0 spiro atoms. The predicted octanol–water partition coefficient (Wildman–Crippen LogP) is 6.10. The molecule has 0 amide bonds. The van der Waals surface area contributed by atoms with Crippen molar-refractivity contribution in [1.82, 2.24) is 0 Å². The maximum absolute atomic E-state index is 11.9. The third-order valence-corrected chi connectivity index (χ3v) is 5.28. The van der Waals surface area contributed by atoms with E-state index in [9.17, 15) is 9.59 Å². The second-order valence-electron chi connectivity index (χ2n) is 7.61. The number of esters is 1. The fourth-order valence-corrected chi connectivity index (χ4v) is 3.67. The average Bonchev–Trinajstić information content (AvgIpc) is 2.86. The molecule has 0 aliphatic heterocycles. The molecule has 0 fully saturated rings. The molecule has 3 aromatic carbocycles. The molecule has 0 bridgehead atoms. The Morgan fingerprint density at radius 3 is 2.03 bits per heavy atom. The Kier molecular flexibility index (Phi) is 8.95. The minimum absolute atomic E-state index is 0.195. The van der Waals surface area contributed by atoms with Crippen LogP contribution in [0.1, 0.15) is 42.0 Å². The van der Waals surface area contributed by atoms with Gasteiger partial charge in [-0.05, 0) is 58.0 Å². The molecule has 0 saturated heterocycles. The van der Waals surface area contributed by atoms with E-state index >= 15 is 0 Å². The van der Waals surface area contributed by atoms with Crippen molar-refractivity contribution in [3.8, 4) is 5.75 Å². The Morgan fingerprint density at radius 1 is 0.853 bits per heavy atom. The van der Waals surface area contributed by atoms with Gasteiger partial charge in [0.15, 0.2) is 0 Å². The zero-order valence-corrected chi connectivity index (χ0v) is 19.4. The molecule has 5 heteroatoms. The summed E-state index contributed by atoms with van der Waals surface area (Å²) in [6.07, 6.45) is 3.70. The summed E-state index contributed by atoms with van der Waals surface area (Å²) in [6, 6.07) is 25.5. The van der Waals surface area contributed by atoms with Gasteiger partial charge in [0.05, 0.1) is 13.0 Å². The van der Waals surface area contributed by atoms with Crippen molar-refractivity contribution in [2.24, 2.45) is 0 Å². The zero-order chi connectivity index (χ0) is 24.3. The fourth-order valence-electron chi connectivity index (χ4n) is 3.67. The molecule has 0 radical (unpaired) electrons. The highest BCUT2D eigenvalue weighted by Crippen LogP contribution is 2.35. The van der Waals surface area contributed by atoms with E-state index in [-0.39, 0.29) is 12.4 Å². The molecular weight excluding hydrogens is 428 g/mol. The number of hydrogen-bond donors (Lipinski definition) is 1. The van der Waals surface area contributed by atoms with E-state index in [2.05, 4.69) is 19.1 Å². The molecule has 0 aliphatic rings. The van der Waals surface area contributed by atoms with Crippen LogP contribution < -0.4 is 4.74 Å². The molecule has 34 heavy (non-hydrogen) atoms. The van der Waals surface area contributed by atoms with Gasteiger partial charge in [-0.3, -0.25) is 4.79 Å². The van der Waals surface area contributed by atoms with Crippen molar-refractivity contribution in [2.45, 2.75) is 19.8 Å². The number of benzene rings is 3. The summed E-state index contributed by atoms with van der Waals surface area (Å²) in [5.41, 5.74) is 6.19. The summed E-state index contributed by atoms with van der Waals surface area (Å²) in [4.78, 5) is 22.8. The second-order valence-corrected chi connectivity index (χ2v) is 7.61. The van der Waals surface area contributed by atoms with Crippen LogP contribution in [0.25, 0.3) is 17.2 Å². The fraction of sp³-hybridized carbons (Fsp3) is 0.172. The number of hydrogen-bond acceptors (Lipinski definition) is 4. The van der Waals surface area contributed by atoms with Crippen molar-refractivity contribution >= 4 is 29.2 Å². The highest BCUT2D eigenvalue weighted by atomic mass is 16.5. The number of ether oxygens (including phenoxy) is 2. The topological polar surface area (TPSA) is 72.8 Å². The molecule has 1 N–H and O–H groups in total. The van der Waals surface area contributed by atoms with Crippen LogP contribution in [-0.4, -0.2) is 30.8 Å². The van der Waals surface area contributed by atoms with Crippen LogP contribution in [-0.2, 0) is 14.3 Å². The largest absolute Gasteiger partial charge is 0.478 e. The number of carbonyl (C=O) groups is 2. The van der Waals surface area contributed by atoms with Crippen molar-refractivity contribution in [1.29, 1.82) is 0 Å². The molecule has 3 rings (SSSR count). The van der Waals surface area contributed by atoms with E-state index in [1.165, 1.54) is 5.57 Å². The highest BCUT2D eigenvalue weighted by molar-refractivity contribution is 5.98. The first-order valence-corrected chi connectivity index (χ1v) is 11.1. The van der Waals surface area contributed by atoms with E-state index in [1.807, 2.05) is 54.6 Å². The minimum atomic E-state index is -0.981. The molecule has 0 heterocycles. The lowest BCUT2D eigenvalue weighted by atomic mass is 9.88. The average molecular weight is 457 g/mol. The van der Waals surface area contributed by atoms with Gasteiger partial charge in [-0.2, -0.15) is 0 Å². The first-order valence-electron chi connectivity index (χ1n) is 11.1. The zero-order valence-electron chi connectivity index (χ0n) is 19.4. The van der Waals surface area contributed by atoms with E-state index < -0.39 is 5.97 Å². The van der Waals surface area contributed by atoms with Crippen LogP contribution in [0.3, 0.4) is 0 Å². The summed E-state index contributed by atoms with van der Waals surface area (Å²) in [5, 5.41) is 8.88. The second kappa shape index (κ2) is 12.3. The molecular formula is C29H28O5. The molecule has 0 aromatic heterocycles. The first kappa shape index (κ1) is 24.7. The first-order chi connectivity index (χ1) is 16.5. The maximum Gasteiger partial charge on any atom is 0.328 e. The normalized spacial score (nSPS) is 11.8. The third kappa shape index (κ3) is 6.77. The minimum Gasteiger partial charge on any atom is -0.478 e. The summed E-state index contributed by atoms with van der Waals surface area (Å²) in [6.45, 7) is 2.44. The van der Waals surface area contributed by atoms with E-state index in [0.717, 1.165) is 40.3 Å². The van der Waals surface area contributed by atoms with Gasteiger partial charge in [0.2, 0.25) is 0 Å². The summed E-state index contributed by atoms with van der Waals surface area (Å²) < 4.78 is 10.3. The SMILES string of the molecule is CC/C(=C(\c1ccc(/C=C/C(=O)O)cc1)c1ccc(OC(=O)CCOC)cc1)c1ccccc1. The number of rotatable bonds is 10. The number of aliphatic carboxylic acids is 1. The Hall–Kier alpha value is -3.96. The summed E-state index contributed by atoms with van der Waals surface area (Å²) in [7, 11) is 1.54. The van der Waals surface area contributed by atoms with Crippen LogP contribution in [0, 0.1) is 0 Å². The van der Waals surface area contributed by atoms with Crippen molar-refractivity contribution in [2.75, 3.05) is 13.7 Å². The summed E-state index contributed by atoms with van der Waals surface area (Å²) in [5.74, 6) is -0.838. The maximum atomic E-state index is 11.9. The lowest BCUT2D eigenvalue weighted by molar-refractivity contribution is -0.135. The van der Waals surface area contributed by atoms with Gasteiger partial charge in [0.1, 0.15) is 5.75 Å². The van der Waals surface area contributed by atoms with Gasteiger partial charge in [0.25, 0.3) is 0 Å². The Labute approximate surface area is 200 Å². The van der Waals surface area contributed by atoms with Gasteiger partial charge in [-0.25, -0.2) is 4.79 Å². The Balaban J connectivity index is 2.02. The smallest absolute Gasteiger partial charge is 0.328 e. The Bertz CT molecular complexity index is 1160. The molecule has 0 atom stereocenters. The van der Waals surface area contributed by atoms with Gasteiger partial charge in [-0.15, -0.1) is 0 Å². The van der Waals surface area contributed by atoms with Crippen molar-refractivity contribution in [3.05, 3.63) is 107 Å². The van der Waals surface area contributed by atoms with Crippen LogP contribution >= 0.6 is 0 Å². The van der Waals surface area contributed by atoms with E-state index in [1.54, 1.807) is 25.3 Å². The number of methoxy groups -OCH3 is 1. The molecule has 0 unspecified atom stereocenters. The number of allylic oxidation sites excluding steroid dienone is 1. The van der Waals surface area contributed by atoms with Gasteiger partial charge in [0, 0.05) is 13.2 Å². The molecule has 174 valence electrons. The number of carboxylic acids is 1. The highest BCUT2D eigenvalue weighted by Gasteiger charge is 2.14. The monoisotopic (exact) mass is 456 g/mol. The van der Waals surface area contributed by atoms with Crippen LogP contribution in [0.15, 0.2) is 84.9 Å². The lowest BCUT2D eigenvalue weighted by Gasteiger charge is -2.17. The molecule has 3 aromatic rings. The number of carbonyl (C=O) groups excluding carboxylic acids is 1. The van der Waals surface area contributed by atoms with E-state index in [0.29, 0.717) is 12.4 Å². The van der Waals surface area contributed by atoms with Gasteiger partial charge >= 0.3 is 11.9 Å². The van der Waals surface area contributed by atoms with Crippen LogP contribution in [0.2, 0.25) is 0 Å².